The lowest BCUT2D eigenvalue weighted by Crippen LogP contribution is -2.58. The number of halogens is 3. The van der Waals surface area contributed by atoms with Crippen LogP contribution in [0.2, 0.25) is 0 Å². The Bertz CT molecular complexity index is 1510. The van der Waals surface area contributed by atoms with Crippen molar-refractivity contribution in [2.45, 2.75) is 32.2 Å². The van der Waals surface area contributed by atoms with Crippen molar-refractivity contribution in [3.8, 4) is 5.75 Å². The van der Waals surface area contributed by atoms with Crippen molar-refractivity contribution in [3.05, 3.63) is 111 Å². The molecule has 8 nitrogen and oxygen atoms in total. The van der Waals surface area contributed by atoms with Gasteiger partial charge in [-0.25, -0.2) is 13.2 Å². The van der Waals surface area contributed by atoms with Gasteiger partial charge in [0.2, 0.25) is 5.43 Å². The number of aromatic nitrogens is 1. The number of fused-ring (bicyclic) bond motifs is 4. The van der Waals surface area contributed by atoms with Crippen molar-refractivity contribution in [1.29, 1.82) is 0 Å². The molecule has 0 saturated heterocycles. The topological polar surface area (TPSA) is 83.9 Å². The van der Waals surface area contributed by atoms with Crippen molar-refractivity contribution >= 4 is 11.8 Å². The van der Waals surface area contributed by atoms with Gasteiger partial charge in [-0.2, -0.15) is 0 Å². The van der Waals surface area contributed by atoms with Crippen LogP contribution in [0.5, 0.6) is 5.75 Å². The first kappa shape index (κ1) is 26.1. The average Bonchev–Trinajstić information content (AvgIpc) is 3.08. The van der Waals surface area contributed by atoms with Crippen LogP contribution in [-0.2, 0) is 13.2 Å². The number of benzene rings is 2. The van der Waals surface area contributed by atoms with E-state index in [9.17, 15) is 27.6 Å². The number of hydrogen-bond acceptors (Lipinski definition) is 5. The van der Waals surface area contributed by atoms with Crippen molar-refractivity contribution in [1.82, 2.24) is 14.9 Å². The summed E-state index contributed by atoms with van der Waals surface area (Å²) in [6, 6.07) is 10.7. The summed E-state index contributed by atoms with van der Waals surface area (Å²) in [5.41, 5.74) is -0.570. The molecule has 1 unspecified atom stereocenters. The number of alkyl halides is 1. The number of rotatable bonds is 7. The van der Waals surface area contributed by atoms with Crippen molar-refractivity contribution < 1.29 is 27.5 Å². The number of ether oxygens (including phenoxy) is 1. The molecular weight excluding hydrogens is 513 g/mol. The first-order chi connectivity index (χ1) is 18.8. The van der Waals surface area contributed by atoms with Crippen LogP contribution in [0.1, 0.15) is 38.9 Å². The molecule has 39 heavy (non-hydrogen) atoms. The number of hydrogen-bond donors (Lipinski definition) is 1. The molecule has 0 saturated carbocycles. The summed E-state index contributed by atoms with van der Waals surface area (Å²) >= 11 is 0. The quantitative estimate of drug-likeness (QED) is 0.467. The molecule has 2 amide bonds. The first-order valence-electron chi connectivity index (χ1n) is 12.3. The fourth-order valence-corrected chi connectivity index (χ4v) is 4.57. The van der Waals surface area contributed by atoms with Crippen LogP contribution in [0, 0.1) is 11.6 Å². The number of pyridine rings is 1. The minimum Gasteiger partial charge on any atom is -0.482 e. The maximum Gasteiger partial charge on any atom is 0.278 e. The van der Waals surface area contributed by atoms with Crippen LogP contribution < -0.4 is 20.5 Å². The van der Waals surface area contributed by atoms with Crippen LogP contribution in [0.3, 0.4) is 0 Å². The fraction of sp³-hybridized carbons (Fsp3) is 0.250. The highest BCUT2D eigenvalue weighted by molar-refractivity contribution is 5.99. The molecule has 2 aromatic carbocycles. The maximum atomic E-state index is 14.1. The lowest BCUT2D eigenvalue weighted by atomic mass is 10.1. The Balaban J connectivity index is 1.57. The summed E-state index contributed by atoms with van der Waals surface area (Å²) in [5.74, 6) is -3.41. The Morgan fingerprint density at radius 3 is 2.59 bits per heavy atom. The van der Waals surface area contributed by atoms with Gasteiger partial charge in [-0.3, -0.25) is 24.1 Å². The molecule has 3 aromatic rings. The third-order valence-corrected chi connectivity index (χ3v) is 6.75. The highest BCUT2D eigenvalue weighted by atomic mass is 19.1. The van der Waals surface area contributed by atoms with E-state index in [1.54, 1.807) is 41.4 Å². The molecule has 202 valence electrons. The standard InChI is InChI=1S/C28H25F3N4O4/c1-17-7-10-21(12-29)33-16-35(17)34-14-22(27(37)32-13-19-8-9-20(30)11-23(19)31)25(36)26(24(34)28(33)38)39-15-18-5-3-2-4-6-18/h2-11,14,17,21H,12-13,15-16H2,1H3,(H,32,37)/t17-,21?/m1/s1. The molecule has 3 heterocycles. The van der Waals surface area contributed by atoms with Crippen LogP contribution in [0.4, 0.5) is 13.2 Å². The lowest BCUT2D eigenvalue weighted by Gasteiger charge is -2.42. The fourth-order valence-electron chi connectivity index (χ4n) is 4.57. The Kier molecular flexibility index (Phi) is 7.14. The van der Waals surface area contributed by atoms with E-state index >= 15 is 0 Å². The monoisotopic (exact) mass is 538 g/mol. The summed E-state index contributed by atoms with van der Waals surface area (Å²) in [7, 11) is 0. The Morgan fingerprint density at radius 2 is 1.87 bits per heavy atom. The lowest BCUT2D eigenvalue weighted by molar-refractivity contribution is 0.0614. The van der Waals surface area contributed by atoms with Gasteiger partial charge >= 0.3 is 0 Å². The third kappa shape index (κ3) is 4.99. The maximum absolute atomic E-state index is 14.1. The molecule has 0 spiro atoms. The molecule has 2 atom stereocenters. The second-order valence-electron chi connectivity index (χ2n) is 9.29. The van der Waals surface area contributed by atoms with E-state index in [2.05, 4.69) is 5.32 Å². The van der Waals surface area contributed by atoms with Gasteiger partial charge in [-0.1, -0.05) is 48.6 Å². The Labute approximate surface area is 221 Å². The minimum absolute atomic E-state index is 0.0113. The average molecular weight is 539 g/mol. The van der Waals surface area contributed by atoms with Gasteiger partial charge in [0.05, 0.1) is 12.1 Å². The second-order valence-corrected chi connectivity index (χ2v) is 9.29. The number of nitrogens with zero attached hydrogens (tertiary/aromatic N) is 3. The van der Waals surface area contributed by atoms with Crippen LogP contribution in [0.15, 0.2) is 71.7 Å². The molecule has 0 fully saturated rings. The van der Waals surface area contributed by atoms with Crippen LogP contribution in [0.25, 0.3) is 0 Å². The van der Waals surface area contributed by atoms with Crippen LogP contribution in [-0.4, -0.2) is 46.8 Å². The zero-order valence-electron chi connectivity index (χ0n) is 20.9. The van der Waals surface area contributed by atoms with E-state index in [1.165, 1.54) is 21.8 Å². The molecular formula is C28H25F3N4O4. The van der Waals surface area contributed by atoms with Gasteiger partial charge in [-0.15, -0.1) is 0 Å². The predicted octanol–water partition coefficient (Wildman–Crippen LogP) is 3.28. The van der Waals surface area contributed by atoms with E-state index in [4.69, 9.17) is 4.74 Å². The normalized spacial score (nSPS) is 18.0. The van der Waals surface area contributed by atoms with Crippen LogP contribution >= 0.6 is 0 Å². The molecule has 2 bridgehead atoms. The zero-order valence-corrected chi connectivity index (χ0v) is 20.9. The summed E-state index contributed by atoms with van der Waals surface area (Å²) in [4.78, 5) is 41.7. The summed E-state index contributed by atoms with van der Waals surface area (Å²) < 4.78 is 48.5. The highest BCUT2D eigenvalue weighted by Gasteiger charge is 2.40. The number of amides is 2. The largest absolute Gasteiger partial charge is 0.482 e. The number of carbonyl (C=O) groups excluding carboxylic acids is 2. The molecule has 2 aliphatic rings. The van der Waals surface area contributed by atoms with E-state index in [1.807, 2.05) is 13.0 Å². The van der Waals surface area contributed by atoms with Gasteiger partial charge < -0.3 is 15.0 Å². The molecule has 1 aromatic heterocycles. The zero-order chi connectivity index (χ0) is 27.7. The molecule has 0 aliphatic carbocycles. The number of carbonyl (C=O) groups is 2. The molecule has 2 aliphatic heterocycles. The summed E-state index contributed by atoms with van der Waals surface area (Å²) in [6.45, 7) is 0.655. The predicted molar refractivity (Wildman–Crippen MR) is 137 cm³/mol. The summed E-state index contributed by atoms with van der Waals surface area (Å²) in [6.07, 6.45) is 4.58. The van der Waals surface area contributed by atoms with Gasteiger partial charge in [0.15, 0.2) is 11.4 Å². The van der Waals surface area contributed by atoms with E-state index in [-0.39, 0.29) is 48.4 Å². The van der Waals surface area contributed by atoms with Crippen molar-refractivity contribution in [2.24, 2.45) is 0 Å². The van der Waals surface area contributed by atoms with Gasteiger partial charge in [0.1, 0.15) is 37.1 Å². The van der Waals surface area contributed by atoms with Gasteiger partial charge in [0, 0.05) is 24.4 Å². The summed E-state index contributed by atoms with van der Waals surface area (Å²) in [5, 5.41) is 4.19. The third-order valence-electron chi connectivity index (χ3n) is 6.75. The van der Waals surface area contributed by atoms with Crippen molar-refractivity contribution in [3.63, 3.8) is 0 Å². The van der Waals surface area contributed by atoms with E-state index in [0.29, 0.717) is 6.07 Å². The first-order valence-corrected chi connectivity index (χ1v) is 12.3. The molecule has 11 heteroatoms. The smallest absolute Gasteiger partial charge is 0.278 e. The van der Waals surface area contributed by atoms with Gasteiger partial charge in [0.25, 0.3) is 11.8 Å². The SMILES string of the molecule is C[C@@H]1C=CC(CF)N2CN1n1cc(C(=O)NCc3ccc(F)cc3F)c(=O)c(OCc3ccccc3)c1C2=O. The Hall–Kier alpha value is -4.54. The van der Waals surface area contributed by atoms with E-state index < -0.39 is 41.6 Å². The van der Waals surface area contributed by atoms with Gasteiger partial charge in [-0.05, 0) is 18.6 Å². The van der Waals surface area contributed by atoms with E-state index in [0.717, 1.165) is 11.6 Å². The number of nitrogens with one attached hydrogen (secondary N) is 1. The minimum atomic E-state index is -0.846. The highest BCUT2D eigenvalue weighted by Crippen LogP contribution is 2.28. The second kappa shape index (κ2) is 10.7. The van der Waals surface area contributed by atoms with Crippen molar-refractivity contribution in [2.75, 3.05) is 18.4 Å². The molecule has 1 N–H and O–H groups in total. The Morgan fingerprint density at radius 1 is 1.10 bits per heavy atom. The molecule has 5 rings (SSSR count). The molecule has 0 radical (unpaired) electrons.